The Morgan fingerprint density at radius 1 is 1.30 bits per heavy atom. The molecule has 0 N–H and O–H groups in total. The number of rotatable bonds is 5. The zero-order valence-electron chi connectivity index (χ0n) is 16.2. The SMILES string of the molecule is CCOC(=O)c1csc2ncn(CC(=O)c3ccc4c(c3)N(C)C(=O)CO4)c(=O)c12. The van der Waals surface area contributed by atoms with Crippen LogP contribution in [0.15, 0.2) is 34.7 Å². The Kier molecular flexibility index (Phi) is 5.08. The molecule has 0 unspecified atom stereocenters. The van der Waals surface area contributed by atoms with E-state index in [1.165, 1.54) is 16.6 Å². The summed E-state index contributed by atoms with van der Waals surface area (Å²) >= 11 is 1.16. The van der Waals surface area contributed by atoms with Crippen molar-refractivity contribution < 1.29 is 23.9 Å². The van der Waals surface area contributed by atoms with Crippen LogP contribution in [0.2, 0.25) is 0 Å². The monoisotopic (exact) mass is 427 g/mol. The van der Waals surface area contributed by atoms with Gasteiger partial charge in [0.15, 0.2) is 12.4 Å². The fraction of sp³-hybridized carbons (Fsp3) is 0.250. The standard InChI is InChI=1S/C20H17N3O6S/c1-3-28-20(27)12-9-30-18-17(12)19(26)23(10-21-18)7-14(24)11-4-5-15-13(6-11)22(2)16(25)8-29-15/h4-6,9-10H,3,7-8H2,1-2H3. The molecule has 9 nitrogen and oxygen atoms in total. The molecule has 0 bridgehead atoms. The van der Waals surface area contributed by atoms with E-state index in [4.69, 9.17) is 9.47 Å². The third-order valence-corrected chi connectivity index (χ3v) is 5.62. The van der Waals surface area contributed by atoms with E-state index in [1.807, 2.05) is 0 Å². The highest BCUT2D eigenvalue weighted by Gasteiger charge is 2.24. The molecule has 4 rings (SSSR count). The number of likely N-dealkylation sites (N-methyl/N-ethyl adjacent to an activating group) is 1. The maximum absolute atomic E-state index is 12.9. The lowest BCUT2D eigenvalue weighted by Crippen LogP contribution is -2.35. The van der Waals surface area contributed by atoms with Crippen LogP contribution in [0.3, 0.4) is 0 Å². The van der Waals surface area contributed by atoms with Gasteiger partial charge in [-0.25, -0.2) is 9.78 Å². The van der Waals surface area contributed by atoms with Crippen molar-refractivity contribution in [3.05, 3.63) is 51.4 Å². The molecule has 10 heteroatoms. The number of esters is 1. The molecule has 30 heavy (non-hydrogen) atoms. The van der Waals surface area contributed by atoms with Crippen LogP contribution in [0.1, 0.15) is 27.6 Å². The average Bonchev–Trinajstić information content (AvgIpc) is 3.18. The van der Waals surface area contributed by atoms with Gasteiger partial charge in [-0.2, -0.15) is 0 Å². The molecule has 0 saturated heterocycles. The minimum atomic E-state index is -0.603. The number of anilines is 1. The highest BCUT2D eigenvalue weighted by atomic mass is 32.1. The lowest BCUT2D eigenvalue weighted by atomic mass is 10.1. The number of amides is 1. The van der Waals surface area contributed by atoms with Crippen LogP contribution in [0, 0.1) is 0 Å². The van der Waals surface area contributed by atoms with Crippen molar-refractivity contribution in [3.63, 3.8) is 0 Å². The second-order valence-electron chi connectivity index (χ2n) is 6.57. The van der Waals surface area contributed by atoms with Crippen LogP contribution in [0.25, 0.3) is 10.2 Å². The summed E-state index contributed by atoms with van der Waals surface area (Å²) in [6.07, 6.45) is 1.28. The molecule has 3 aromatic rings. The van der Waals surface area contributed by atoms with Gasteiger partial charge in [-0.05, 0) is 25.1 Å². The van der Waals surface area contributed by atoms with Gasteiger partial charge in [0.2, 0.25) is 0 Å². The third kappa shape index (κ3) is 3.35. The van der Waals surface area contributed by atoms with Crippen molar-refractivity contribution in [1.82, 2.24) is 9.55 Å². The number of hydrogen-bond acceptors (Lipinski definition) is 8. The van der Waals surface area contributed by atoms with Gasteiger partial charge in [-0.3, -0.25) is 19.0 Å². The quantitative estimate of drug-likeness (QED) is 0.452. The van der Waals surface area contributed by atoms with E-state index in [-0.39, 0.29) is 42.4 Å². The summed E-state index contributed by atoms with van der Waals surface area (Å²) in [5.41, 5.74) is 0.454. The Balaban J connectivity index is 1.66. The fourth-order valence-corrected chi connectivity index (χ4v) is 4.00. The van der Waals surface area contributed by atoms with Crippen LogP contribution in [-0.2, 0) is 16.1 Å². The summed E-state index contributed by atoms with van der Waals surface area (Å²) in [7, 11) is 1.60. The molecule has 0 atom stereocenters. The number of aromatic nitrogens is 2. The lowest BCUT2D eigenvalue weighted by molar-refractivity contribution is -0.121. The first-order valence-electron chi connectivity index (χ1n) is 9.11. The van der Waals surface area contributed by atoms with Crippen molar-refractivity contribution in [2.45, 2.75) is 13.5 Å². The summed E-state index contributed by atoms with van der Waals surface area (Å²) < 4.78 is 11.5. The predicted molar refractivity (Wildman–Crippen MR) is 110 cm³/mol. The van der Waals surface area contributed by atoms with Gasteiger partial charge in [0.05, 0.1) is 36.1 Å². The van der Waals surface area contributed by atoms with Gasteiger partial charge < -0.3 is 14.4 Å². The molecule has 0 spiro atoms. The first-order valence-corrected chi connectivity index (χ1v) is 9.99. The molecule has 1 amide bonds. The number of nitrogens with zero attached hydrogens (tertiary/aromatic N) is 3. The number of Topliss-reactive ketones (excluding diaryl/α,β-unsaturated/α-hetero) is 1. The number of benzene rings is 1. The van der Waals surface area contributed by atoms with E-state index in [2.05, 4.69) is 4.98 Å². The highest BCUT2D eigenvalue weighted by molar-refractivity contribution is 7.17. The van der Waals surface area contributed by atoms with E-state index < -0.39 is 11.5 Å². The van der Waals surface area contributed by atoms with Gasteiger partial charge in [0.1, 0.15) is 10.6 Å². The van der Waals surface area contributed by atoms with E-state index in [1.54, 1.807) is 32.2 Å². The number of carbonyl (C=O) groups is 3. The molecule has 0 radical (unpaired) electrons. The number of ketones is 1. The molecule has 1 aromatic carbocycles. The van der Waals surface area contributed by atoms with E-state index >= 15 is 0 Å². The summed E-state index contributed by atoms with van der Waals surface area (Å²) in [6, 6.07) is 4.75. The van der Waals surface area contributed by atoms with Crippen LogP contribution >= 0.6 is 11.3 Å². The molecular formula is C20H17N3O6S. The maximum Gasteiger partial charge on any atom is 0.339 e. The van der Waals surface area contributed by atoms with Gasteiger partial charge in [0.25, 0.3) is 11.5 Å². The number of carbonyl (C=O) groups excluding carboxylic acids is 3. The van der Waals surface area contributed by atoms with Crippen LogP contribution in [0.4, 0.5) is 5.69 Å². The van der Waals surface area contributed by atoms with E-state index in [9.17, 15) is 19.2 Å². The number of thiophene rings is 1. The molecule has 0 fully saturated rings. The van der Waals surface area contributed by atoms with Crippen molar-refractivity contribution in [3.8, 4) is 5.75 Å². The lowest BCUT2D eigenvalue weighted by Gasteiger charge is -2.26. The van der Waals surface area contributed by atoms with Crippen molar-refractivity contribution >= 4 is 44.9 Å². The molecule has 154 valence electrons. The minimum Gasteiger partial charge on any atom is -0.482 e. The summed E-state index contributed by atoms with van der Waals surface area (Å²) in [4.78, 5) is 55.7. The second kappa shape index (κ2) is 7.71. The summed E-state index contributed by atoms with van der Waals surface area (Å²) in [6.45, 7) is 1.54. The zero-order chi connectivity index (χ0) is 21.4. The Labute approximate surface area is 174 Å². The molecule has 0 aliphatic carbocycles. The Morgan fingerprint density at radius 3 is 2.87 bits per heavy atom. The number of hydrogen-bond donors (Lipinski definition) is 0. The number of fused-ring (bicyclic) bond motifs is 2. The molecule has 1 aliphatic rings. The average molecular weight is 427 g/mol. The van der Waals surface area contributed by atoms with Crippen molar-refractivity contribution in [2.24, 2.45) is 0 Å². The number of ether oxygens (including phenoxy) is 2. The normalized spacial score (nSPS) is 13.1. The van der Waals surface area contributed by atoms with Crippen molar-refractivity contribution in [2.75, 3.05) is 25.2 Å². The fourth-order valence-electron chi connectivity index (χ4n) is 3.13. The van der Waals surface area contributed by atoms with Crippen molar-refractivity contribution in [1.29, 1.82) is 0 Å². The molecule has 1 aliphatic heterocycles. The smallest absolute Gasteiger partial charge is 0.339 e. The molecule has 2 aromatic heterocycles. The van der Waals surface area contributed by atoms with Gasteiger partial charge in [-0.15, -0.1) is 11.3 Å². The Hall–Kier alpha value is -3.53. The van der Waals surface area contributed by atoms with Crippen LogP contribution in [0.5, 0.6) is 5.75 Å². The second-order valence-corrected chi connectivity index (χ2v) is 7.43. The predicted octanol–water partition coefficient (Wildman–Crippen LogP) is 1.87. The molecule has 3 heterocycles. The van der Waals surface area contributed by atoms with Gasteiger partial charge in [0, 0.05) is 18.0 Å². The summed E-state index contributed by atoms with van der Waals surface area (Å²) in [5, 5.41) is 1.66. The maximum atomic E-state index is 12.9. The Morgan fingerprint density at radius 2 is 2.10 bits per heavy atom. The highest BCUT2D eigenvalue weighted by Crippen LogP contribution is 2.32. The topological polar surface area (TPSA) is 108 Å². The summed E-state index contributed by atoms with van der Waals surface area (Å²) in [5.74, 6) is -0.664. The first-order chi connectivity index (χ1) is 14.4. The third-order valence-electron chi connectivity index (χ3n) is 4.74. The van der Waals surface area contributed by atoms with Crippen LogP contribution in [-0.4, -0.2) is 47.5 Å². The van der Waals surface area contributed by atoms with E-state index in [0.29, 0.717) is 21.8 Å². The zero-order valence-corrected chi connectivity index (χ0v) is 17.0. The van der Waals surface area contributed by atoms with Gasteiger partial charge in [-0.1, -0.05) is 0 Å². The minimum absolute atomic E-state index is 0.0543. The molecule has 0 saturated carbocycles. The van der Waals surface area contributed by atoms with E-state index in [0.717, 1.165) is 15.9 Å². The largest absolute Gasteiger partial charge is 0.482 e. The van der Waals surface area contributed by atoms with Gasteiger partial charge >= 0.3 is 5.97 Å². The molecular weight excluding hydrogens is 410 g/mol. The Bertz CT molecular complexity index is 1250. The van der Waals surface area contributed by atoms with Crippen LogP contribution < -0.4 is 15.2 Å². The first kappa shape index (κ1) is 19.8.